The van der Waals surface area contributed by atoms with E-state index >= 15 is 0 Å². The lowest BCUT2D eigenvalue weighted by Gasteiger charge is -2.15. The largest absolute Gasteiger partial charge is 0.504 e. The van der Waals surface area contributed by atoms with E-state index in [0.29, 0.717) is 15.2 Å². The molecule has 2 fully saturated rings. The van der Waals surface area contributed by atoms with Gasteiger partial charge in [-0.2, -0.15) is 5.10 Å². The number of ether oxygens (including phenoxy) is 1. The average molecular weight is 428 g/mol. The van der Waals surface area contributed by atoms with Gasteiger partial charge in [0.25, 0.3) is 0 Å². The standard InChI is InChI=1S/C17H21IN2O3/c1-17-6-4-3-5-11(17)14(17)16(22)20-19-9-10-7-12(18)15(21)13(8-10)23-2/h7-9,11,14,21H,3-6H2,1-2H3,(H,20,22)/b19-9-/t11-,14-,17-/m0/s1. The van der Waals surface area contributed by atoms with Crippen LogP contribution in [0.2, 0.25) is 0 Å². The number of rotatable bonds is 4. The van der Waals surface area contributed by atoms with Crippen LogP contribution in [-0.4, -0.2) is 24.3 Å². The number of phenols is 1. The summed E-state index contributed by atoms with van der Waals surface area (Å²) in [7, 11) is 1.50. The molecule has 0 heterocycles. The van der Waals surface area contributed by atoms with Gasteiger partial charge >= 0.3 is 0 Å². The zero-order chi connectivity index (χ0) is 16.6. The van der Waals surface area contributed by atoms with Crippen molar-refractivity contribution in [1.82, 2.24) is 5.43 Å². The molecular formula is C17H21IN2O3. The van der Waals surface area contributed by atoms with Gasteiger partial charge < -0.3 is 9.84 Å². The molecule has 0 bridgehead atoms. The molecular weight excluding hydrogens is 407 g/mol. The molecule has 23 heavy (non-hydrogen) atoms. The fourth-order valence-electron chi connectivity index (χ4n) is 3.91. The molecule has 0 saturated heterocycles. The van der Waals surface area contributed by atoms with Crippen LogP contribution in [0.3, 0.4) is 0 Å². The molecule has 1 aromatic rings. The van der Waals surface area contributed by atoms with Crippen LogP contribution in [-0.2, 0) is 4.79 Å². The molecule has 0 radical (unpaired) electrons. The third kappa shape index (κ3) is 3.05. The monoisotopic (exact) mass is 428 g/mol. The van der Waals surface area contributed by atoms with Crippen LogP contribution in [0.1, 0.15) is 38.2 Å². The molecule has 0 aromatic heterocycles. The van der Waals surface area contributed by atoms with Crippen LogP contribution >= 0.6 is 22.6 Å². The van der Waals surface area contributed by atoms with E-state index in [2.05, 4.69) is 17.5 Å². The maximum Gasteiger partial charge on any atom is 0.244 e. The van der Waals surface area contributed by atoms with Gasteiger partial charge in [0.2, 0.25) is 5.91 Å². The highest BCUT2D eigenvalue weighted by Crippen LogP contribution is 2.66. The lowest BCUT2D eigenvalue weighted by molar-refractivity contribution is -0.123. The van der Waals surface area contributed by atoms with Crippen molar-refractivity contribution >= 4 is 34.7 Å². The van der Waals surface area contributed by atoms with Crippen LogP contribution in [0.5, 0.6) is 11.5 Å². The van der Waals surface area contributed by atoms with Crippen molar-refractivity contribution in [3.8, 4) is 11.5 Å². The van der Waals surface area contributed by atoms with E-state index in [9.17, 15) is 9.90 Å². The second-order valence-electron chi connectivity index (χ2n) is 6.62. The summed E-state index contributed by atoms with van der Waals surface area (Å²) in [5, 5.41) is 13.9. The Bertz CT molecular complexity index is 661. The topological polar surface area (TPSA) is 70.9 Å². The highest BCUT2D eigenvalue weighted by atomic mass is 127. The summed E-state index contributed by atoms with van der Waals surface area (Å²) in [6.45, 7) is 2.22. The number of fused-ring (bicyclic) bond motifs is 1. The van der Waals surface area contributed by atoms with Gasteiger partial charge in [-0.25, -0.2) is 5.43 Å². The van der Waals surface area contributed by atoms with E-state index in [1.807, 2.05) is 22.6 Å². The number of hydrogen-bond acceptors (Lipinski definition) is 4. The molecule has 2 aliphatic carbocycles. The normalized spacial score (nSPS) is 29.2. The van der Waals surface area contributed by atoms with Crippen molar-refractivity contribution in [2.24, 2.45) is 22.4 Å². The molecule has 0 spiro atoms. The average Bonchev–Trinajstić information content (AvgIpc) is 3.16. The van der Waals surface area contributed by atoms with Crippen molar-refractivity contribution in [1.29, 1.82) is 0 Å². The van der Waals surface area contributed by atoms with Gasteiger partial charge in [0.05, 0.1) is 16.9 Å². The van der Waals surface area contributed by atoms with Crippen LogP contribution in [0.25, 0.3) is 0 Å². The fourth-order valence-corrected chi connectivity index (χ4v) is 4.54. The SMILES string of the molecule is COc1cc(/C=N\NC(=O)[C@@H]2[C@@H]3CCCC[C@]23C)cc(I)c1O. The first kappa shape index (κ1) is 16.5. The van der Waals surface area contributed by atoms with Crippen LogP contribution in [0.4, 0.5) is 0 Å². The third-order valence-corrected chi connectivity index (χ3v) is 6.10. The Morgan fingerprint density at radius 1 is 1.52 bits per heavy atom. The Kier molecular flexibility index (Phi) is 4.53. The number of carbonyl (C=O) groups is 1. The minimum absolute atomic E-state index is 0.0242. The smallest absolute Gasteiger partial charge is 0.244 e. The predicted molar refractivity (Wildman–Crippen MR) is 96.7 cm³/mol. The Balaban J connectivity index is 1.63. The molecule has 5 nitrogen and oxygen atoms in total. The maximum atomic E-state index is 12.3. The van der Waals surface area contributed by atoms with Crippen molar-refractivity contribution in [3.05, 3.63) is 21.3 Å². The van der Waals surface area contributed by atoms with Gasteiger partial charge in [-0.1, -0.05) is 19.8 Å². The molecule has 3 rings (SSSR count). The minimum Gasteiger partial charge on any atom is -0.504 e. The number of methoxy groups -OCH3 is 1. The molecule has 1 amide bonds. The van der Waals surface area contributed by atoms with E-state index in [0.717, 1.165) is 18.4 Å². The summed E-state index contributed by atoms with van der Waals surface area (Å²) in [5.74, 6) is 1.17. The van der Waals surface area contributed by atoms with Gasteiger partial charge in [-0.15, -0.1) is 0 Å². The minimum atomic E-state index is 0.0242. The number of phenolic OH excluding ortho intramolecular Hbond substituents is 1. The molecule has 6 heteroatoms. The number of hydrazone groups is 1. The van der Waals surface area contributed by atoms with Crippen LogP contribution < -0.4 is 10.2 Å². The number of carbonyl (C=O) groups excluding carboxylic acids is 1. The van der Waals surface area contributed by atoms with Gasteiger partial charge in [0, 0.05) is 5.92 Å². The molecule has 3 atom stereocenters. The number of amides is 1. The van der Waals surface area contributed by atoms with Crippen molar-refractivity contribution in [3.63, 3.8) is 0 Å². The lowest BCUT2D eigenvalue weighted by Crippen LogP contribution is -2.22. The van der Waals surface area contributed by atoms with E-state index in [-0.39, 0.29) is 23.0 Å². The first-order valence-electron chi connectivity index (χ1n) is 7.87. The second kappa shape index (κ2) is 6.30. The summed E-state index contributed by atoms with van der Waals surface area (Å²) in [6.07, 6.45) is 6.35. The number of aromatic hydroxyl groups is 1. The maximum absolute atomic E-state index is 12.3. The Morgan fingerprint density at radius 2 is 2.30 bits per heavy atom. The van der Waals surface area contributed by atoms with E-state index < -0.39 is 0 Å². The molecule has 2 saturated carbocycles. The summed E-state index contributed by atoms with van der Waals surface area (Å²) in [5.41, 5.74) is 3.63. The zero-order valence-corrected chi connectivity index (χ0v) is 15.5. The number of halogens is 1. The number of nitrogens with zero attached hydrogens (tertiary/aromatic N) is 1. The summed E-state index contributed by atoms with van der Waals surface area (Å²) < 4.78 is 5.79. The summed E-state index contributed by atoms with van der Waals surface area (Å²) in [6, 6.07) is 3.47. The van der Waals surface area contributed by atoms with Gasteiger partial charge in [-0.3, -0.25) is 4.79 Å². The summed E-state index contributed by atoms with van der Waals surface area (Å²) in [4.78, 5) is 12.3. The lowest BCUT2D eigenvalue weighted by atomic mass is 9.90. The first-order chi connectivity index (χ1) is 11.0. The molecule has 0 unspecified atom stereocenters. The van der Waals surface area contributed by atoms with E-state index in [1.54, 1.807) is 18.3 Å². The fraction of sp³-hybridized carbons (Fsp3) is 0.529. The Hall–Kier alpha value is -1.31. The highest BCUT2D eigenvalue weighted by molar-refractivity contribution is 14.1. The van der Waals surface area contributed by atoms with Crippen LogP contribution in [0, 0.1) is 20.8 Å². The van der Waals surface area contributed by atoms with E-state index in [1.165, 1.54) is 20.0 Å². The third-order valence-electron chi connectivity index (χ3n) is 5.27. The van der Waals surface area contributed by atoms with Crippen molar-refractivity contribution in [2.75, 3.05) is 7.11 Å². The van der Waals surface area contributed by atoms with Crippen molar-refractivity contribution < 1.29 is 14.6 Å². The molecule has 0 aliphatic heterocycles. The molecule has 2 aliphatic rings. The molecule has 2 N–H and O–H groups in total. The number of nitrogens with one attached hydrogen (secondary N) is 1. The predicted octanol–water partition coefficient (Wildman–Crippen LogP) is 3.28. The van der Waals surface area contributed by atoms with Gasteiger partial charge in [0.1, 0.15) is 0 Å². The van der Waals surface area contributed by atoms with Crippen molar-refractivity contribution in [2.45, 2.75) is 32.6 Å². The molecule has 1 aromatic carbocycles. The van der Waals surface area contributed by atoms with Gasteiger partial charge in [0.15, 0.2) is 11.5 Å². The first-order valence-corrected chi connectivity index (χ1v) is 8.94. The zero-order valence-electron chi connectivity index (χ0n) is 13.3. The second-order valence-corrected chi connectivity index (χ2v) is 7.79. The quantitative estimate of drug-likeness (QED) is 0.440. The molecule has 124 valence electrons. The number of benzene rings is 1. The van der Waals surface area contributed by atoms with E-state index in [4.69, 9.17) is 4.74 Å². The highest BCUT2D eigenvalue weighted by Gasteiger charge is 2.64. The Morgan fingerprint density at radius 3 is 2.96 bits per heavy atom. The summed E-state index contributed by atoms with van der Waals surface area (Å²) >= 11 is 2.03. The van der Waals surface area contributed by atoms with Crippen LogP contribution in [0.15, 0.2) is 17.2 Å². The van der Waals surface area contributed by atoms with Gasteiger partial charge in [-0.05, 0) is 64.5 Å². The Labute approximate surface area is 149 Å². The number of hydrogen-bond donors (Lipinski definition) is 2.